The normalized spacial score (nSPS) is 13.9. The maximum Gasteiger partial charge on any atom is 0.0497 e. The molecule has 3 N–H and O–H groups in total. The number of aliphatic hydroxyl groups is 1. The largest absolute Gasteiger partial charge is 0.396 e. The van der Waals surface area contributed by atoms with Crippen LogP contribution >= 0.6 is 11.6 Å². The Morgan fingerprint density at radius 3 is 2.56 bits per heavy atom. The smallest absolute Gasteiger partial charge is 0.0497 e. The minimum absolute atomic E-state index is 0.0573. The molecule has 0 saturated heterocycles. The van der Waals surface area contributed by atoms with Gasteiger partial charge in [0.2, 0.25) is 0 Å². The lowest BCUT2D eigenvalue weighted by Gasteiger charge is -2.29. The molecule has 1 aromatic rings. The minimum Gasteiger partial charge on any atom is -0.396 e. The first-order valence-electron chi connectivity index (χ1n) is 5.48. The number of hydrogen-bond acceptors (Lipinski definition) is 2. The van der Waals surface area contributed by atoms with E-state index in [2.05, 4.69) is 6.07 Å². The van der Waals surface area contributed by atoms with Crippen LogP contribution in [0.4, 0.5) is 0 Å². The summed E-state index contributed by atoms with van der Waals surface area (Å²) in [7, 11) is 0. The zero-order valence-corrected chi connectivity index (χ0v) is 10.9. The van der Waals surface area contributed by atoms with Crippen molar-refractivity contribution in [3.8, 4) is 0 Å². The van der Waals surface area contributed by atoms with Crippen molar-refractivity contribution in [2.75, 3.05) is 6.61 Å². The van der Waals surface area contributed by atoms with Crippen LogP contribution in [0, 0.1) is 12.3 Å². The number of hydrogen-bond donors (Lipinski definition) is 2. The van der Waals surface area contributed by atoms with Crippen molar-refractivity contribution in [3.05, 3.63) is 34.3 Å². The fraction of sp³-hybridized carbons (Fsp3) is 0.538. The standard InChI is InChI=1S/C13H20ClNO/c1-9-6-10(4-5-11(9)14)7-12(15)13(2,3)8-16/h4-6,12,16H,7-8,15H2,1-3H3. The van der Waals surface area contributed by atoms with Gasteiger partial charge >= 0.3 is 0 Å². The highest BCUT2D eigenvalue weighted by atomic mass is 35.5. The van der Waals surface area contributed by atoms with Gasteiger partial charge in [-0.3, -0.25) is 0 Å². The third-order valence-electron chi connectivity index (χ3n) is 3.09. The lowest BCUT2D eigenvalue weighted by Crippen LogP contribution is -2.41. The van der Waals surface area contributed by atoms with Gasteiger partial charge in [-0.2, -0.15) is 0 Å². The third-order valence-corrected chi connectivity index (χ3v) is 3.51. The summed E-state index contributed by atoms with van der Waals surface area (Å²) in [6.45, 7) is 6.02. The van der Waals surface area contributed by atoms with Crippen molar-refractivity contribution < 1.29 is 5.11 Å². The number of halogens is 1. The molecule has 0 bridgehead atoms. The first-order chi connectivity index (χ1) is 7.36. The van der Waals surface area contributed by atoms with Crippen LogP contribution in [-0.4, -0.2) is 17.8 Å². The Balaban J connectivity index is 2.77. The van der Waals surface area contributed by atoms with Gasteiger partial charge in [-0.1, -0.05) is 37.6 Å². The second kappa shape index (κ2) is 5.17. The molecule has 0 aliphatic heterocycles. The quantitative estimate of drug-likeness (QED) is 0.851. The van der Waals surface area contributed by atoms with Crippen molar-refractivity contribution in [3.63, 3.8) is 0 Å². The summed E-state index contributed by atoms with van der Waals surface area (Å²) in [6, 6.07) is 5.88. The van der Waals surface area contributed by atoms with Gasteiger partial charge < -0.3 is 10.8 Å². The highest BCUT2D eigenvalue weighted by molar-refractivity contribution is 6.31. The molecule has 1 rings (SSSR count). The van der Waals surface area contributed by atoms with Crippen molar-refractivity contribution in [2.45, 2.75) is 33.2 Å². The molecule has 0 amide bonds. The SMILES string of the molecule is Cc1cc(CC(N)C(C)(C)CO)ccc1Cl. The minimum atomic E-state index is -0.256. The molecule has 0 spiro atoms. The van der Waals surface area contributed by atoms with E-state index in [0.717, 1.165) is 22.6 Å². The molecule has 2 nitrogen and oxygen atoms in total. The molecule has 0 aliphatic carbocycles. The maximum absolute atomic E-state index is 9.24. The summed E-state index contributed by atoms with van der Waals surface area (Å²) in [6.07, 6.45) is 0.756. The Hall–Kier alpha value is -0.570. The topological polar surface area (TPSA) is 46.2 Å². The molecule has 0 heterocycles. The monoisotopic (exact) mass is 241 g/mol. The molecule has 0 aliphatic rings. The van der Waals surface area contributed by atoms with Crippen LogP contribution in [0.25, 0.3) is 0 Å². The van der Waals surface area contributed by atoms with E-state index < -0.39 is 0 Å². The average molecular weight is 242 g/mol. The molecule has 1 atom stereocenters. The maximum atomic E-state index is 9.24. The fourth-order valence-corrected chi connectivity index (χ4v) is 1.60. The van der Waals surface area contributed by atoms with E-state index in [4.69, 9.17) is 17.3 Å². The van der Waals surface area contributed by atoms with Crippen LogP contribution in [0.15, 0.2) is 18.2 Å². The van der Waals surface area contributed by atoms with Gasteiger partial charge in [-0.05, 0) is 30.5 Å². The second-order valence-corrected chi connectivity index (χ2v) is 5.45. The Kier molecular flexibility index (Phi) is 4.36. The Morgan fingerprint density at radius 1 is 1.44 bits per heavy atom. The van der Waals surface area contributed by atoms with E-state index in [1.54, 1.807) is 0 Å². The zero-order chi connectivity index (χ0) is 12.3. The van der Waals surface area contributed by atoms with Gasteiger partial charge in [0.1, 0.15) is 0 Å². The molecular weight excluding hydrogens is 222 g/mol. The molecule has 0 saturated carbocycles. The molecule has 3 heteroatoms. The molecule has 0 radical (unpaired) electrons. The molecule has 16 heavy (non-hydrogen) atoms. The van der Waals surface area contributed by atoms with E-state index in [0.29, 0.717) is 0 Å². The van der Waals surface area contributed by atoms with E-state index in [9.17, 15) is 5.11 Å². The van der Waals surface area contributed by atoms with E-state index in [1.165, 1.54) is 0 Å². The Bertz CT molecular complexity index is 363. The lowest BCUT2D eigenvalue weighted by atomic mass is 9.82. The van der Waals surface area contributed by atoms with Crippen molar-refractivity contribution in [2.24, 2.45) is 11.1 Å². The highest BCUT2D eigenvalue weighted by Crippen LogP contribution is 2.23. The molecule has 0 aromatic heterocycles. The summed E-state index contributed by atoms with van der Waals surface area (Å²) in [5.41, 5.74) is 8.06. The summed E-state index contributed by atoms with van der Waals surface area (Å²) in [4.78, 5) is 0. The molecule has 1 unspecified atom stereocenters. The summed E-state index contributed by atoms with van der Waals surface area (Å²) in [5, 5.41) is 10.0. The first-order valence-corrected chi connectivity index (χ1v) is 5.86. The fourth-order valence-electron chi connectivity index (χ4n) is 1.48. The highest BCUT2D eigenvalue weighted by Gasteiger charge is 2.25. The third kappa shape index (κ3) is 3.21. The van der Waals surface area contributed by atoms with Crippen molar-refractivity contribution in [1.29, 1.82) is 0 Å². The van der Waals surface area contributed by atoms with Crippen LogP contribution in [0.3, 0.4) is 0 Å². The van der Waals surface area contributed by atoms with Crippen LogP contribution < -0.4 is 5.73 Å². The zero-order valence-electron chi connectivity index (χ0n) is 10.1. The van der Waals surface area contributed by atoms with Gasteiger partial charge in [0.25, 0.3) is 0 Å². The Morgan fingerprint density at radius 2 is 2.06 bits per heavy atom. The number of benzene rings is 1. The van der Waals surface area contributed by atoms with Gasteiger partial charge in [0, 0.05) is 23.1 Å². The number of aliphatic hydroxyl groups excluding tert-OH is 1. The molecule has 1 aromatic carbocycles. The summed E-state index contributed by atoms with van der Waals surface area (Å²) in [5.74, 6) is 0. The Labute approximate surface area is 102 Å². The van der Waals surface area contributed by atoms with Gasteiger partial charge in [-0.15, -0.1) is 0 Å². The summed E-state index contributed by atoms with van der Waals surface area (Å²) >= 11 is 5.96. The average Bonchev–Trinajstić information content (AvgIpc) is 2.23. The van der Waals surface area contributed by atoms with Crippen molar-refractivity contribution in [1.82, 2.24) is 0 Å². The molecule has 0 fully saturated rings. The van der Waals surface area contributed by atoms with E-state index in [-0.39, 0.29) is 18.1 Å². The van der Waals surface area contributed by atoms with E-state index in [1.807, 2.05) is 32.9 Å². The van der Waals surface area contributed by atoms with Crippen LogP contribution in [0.5, 0.6) is 0 Å². The van der Waals surface area contributed by atoms with E-state index >= 15 is 0 Å². The number of aryl methyl sites for hydroxylation is 1. The van der Waals surface area contributed by atoms with Crippen LogP contribution in [0.2, 0.25) is 5.02 Å². The van der Waals surface area contributed by atoms with Crippen LogP contribution in [-0.2, 0) is 6.42 Å². The van der Waals surface area contributed by atoms with Gasteiger partial charge in [0.15, 0.2) is 0 Å². The summed E-state index contributed by atoms with van der Waals surface area (Å²) < 4.78 is 0. The number of rotatable bonds is 4. The van der Waals surface area contributed by atoms with Gasteiger partial charge in [0.05, 0.1) is 0 Å². The van der Waals surface area contributed by atoms with Crippen LogP contribution in [0.1, 0.15) is 25.0 Å². The van der Waals surface area contributed by atoms with Gasteiger partial charge in [-0.25, -0.2) is 0 Å². The van der Waals surface area contributed by atoms with Crippen molar-refractivity contribution >= 4 is 11.6 Å². The second-order valence-electron chi connectivity index (χ2n) is 5.04. The lowest BCUT2D eigenvalue weighted by molar-refractivity contribution is 0.132. The predicted molar refractivity (Wildman–Crippen MR) is 68.7 cm³/mol. The molecule has 90 valence electrons. The number of nitrogens with two attached hydrogens (primary N) is 1. The first kappa shape index (κ1) is 13.5. The molecular formula is C13H20ClNO. The predicted octanol–water partition coefficient (Wildman–Crippen LogP) is 2.54.